The Balaban J connectivity index is 2.26. The Morgan fingerprint density at radius 1 is 1.29 bits per heavy atom. The molecular weight excluding hydrogens is 180 g/mol. The van der Waals surface area contributed by atoms with E-state index in [0.717, 1.165) is 0 Å². The van der Waals surface area contributed by atoms with Crippen molar-refractivity contribution in [2.45, 2.75) is 13.8 Å². The molecule has 3 nitrogen and oxygen atoms in total. The Bertz CT molecular complexity index is 280. The molecule has 0 heterocycles. The normalized spacial score (nSPS) is 9.93. The van der Waals surface area contributed by atoms with Crippen molar-refractivity contribution in [2.75, 3.05) is 6.79 Å². The minimum absolute atomic E-state index is 0.0268. The first kappa shape index (κ1) is 10.6. The van der Waals surface area contributed by atoms with Crippen LogP contribution in [-0.2, 0) is 9.53 Å². The Hall–Kier alpha value is -1.51. The van der Waals surface area contributed by atoms with Gasteiger partial charge in [-0.25, -0.2) is 0 Å². The molecule has 0 aliphatic heterocycles. The fourth-order valence-corrected chi connectivity index (χ4v) is 0.839. The summed E-state index contributed by atoms with van der Waals surface area (Å²) in [6.07, 6.45) is 0. The molecule has 76 valence electrons. The summed E-state index contributed by atoms with van der Waals surface area (Å²) >= 11 is 0. The second-order valence-corrected chi connectivity index (χ2v) is 3.19. The van der Waals surface area contributed by atoms with E-state index in [9.17, 15) is 4.79 Å². The van der Waals surface area contributed by atoms with Crippen LogP contribution < -0.4 is 4.74 Å². The second kappa shape index (κ2) is 5.27. The first-order chi connectivity index (χ1) is 6.70. The SMILES string of the molecule is CC(C)C(=O)OCOc1ccccc1. The van der Waals surface area contributed by atoms with Gasteiger partial charge in [-0.15, -0.1) is 0 Å². The summed E-state index contributed by atoms with van der Waals surface area (Å²) in [7, 11) is 0. The topological polar surface area (TPSA) is 35.5 Å². The highest BCUT2D eigenvalue weighted by molar-refractivity contribution is 5.71. The van der Waals surface area contributed by atoms with Crippen LogP contribution in [0.25, 0.3) is 0 Å². The summed E-state index contributed by atoms with van der Waals surface area (Å²) in [6, 6.07) is 9.23. The maximum absolute atomic E-state index is 11.0. The number of hydrogen-bond donors (Lipinski definition) is 0. The monoisotopic (exact) mass is 194 g/mol. The van der Waals surface area contributed by atoms with Crippen LogP contribution in [0.3, 0.4) is 0 Å². The van der Waals surface area contributed by atoms with E-state index in [2.05, 4.69) is 0 Å². The van der Waals surface area contributed by atoms with E-state index in [-0.39, 0.29) is 18.7 Å². The molecule has 14 heavy (non-hydrogen) atoms. The number of carbonyl (C=O) groups is 1. The third kappa shape index (κ3) is 3.47. The van der Waals surface area contributed by atoms with E-state index < -0.39 is 0 Å². The molecular formula is C11H14O3. The molecule has 0 aliphatic carbocycles. The van der Waals surface area contributed by atoms with Crippen molar-refractivity contribution >= 4 is 5.97 Å². The van der Waals surface area contributed by atoms with E-state index in [4.69, 9.17) is 9.47 Å². The summed E-state index contributed by atoms with van der Waals surface area (Å²) < 4.78 is 10.0. The zero-order chi connectivity index (χ0) is 10.4. The van der Waals surface area contributed by atoms with Gasteiger partial charge in [0.25, 0.3) is 0 Å². The third-order valence-electron chi connectivity index (χ3n) is 1.64. The lowest BCUT2D eigenvalue weighted by Gasteiger charge is -2.08. The van der Waals surface area contributed by atoms with E-state index in [0.29, 0.717) is 5.75 Å². The van der Waals surface area contributed by atoms with E-state index in [1.165, 1.54) is 0 Å². The van der Waals surface area contributed by atoms with Crippen LogP contribution >= 0.6 is 0 Å². The van der Waals surface area contributed by atoms with Crippen LogP contribution in [0.15, 0.2) is 30.3 Å². The predicted octanol–water partition coefficient (Wildman–Crippen LogP) is 2.22. The zero-order valence-electron chi connectivity index (χ0n) is 8.40. The number of para-hydroxylation sites is 1. The summed E-state index contributed by atoms with van der Waals surface area (Å²) in [6.45, 7) is 3.54. The van der Waals surface area contributed by atoms with Gasteiger partial charge in [0.2, 0.25) is 6.79 Å². The summed E-state index contributed by atoms with van der Waals surface area (Å²) in [5.74, 6) is 0.333. The molecule has 0 N–H and O–H groups in total. The van der Waals surface area contributed by atoms with Gasteiger partial charge in [-0.3, -0.25) is 4.79 Å². The maximum atomic E-state index is 11.0. The van der Waals surface area contributed by atoms with Crippen molar-refractivity contribution in [3.05, 3.63) is 30.3 Å². The van der Waals surface area contributed by atoms with Crippen LogP contribution in [0.2, 0.25) is 0 Å². The molecule has 0 bridgehead atoms. The van der Waals surface area contributed by atoms with E-state index >= 15 is 0 Å². The predicted molar refractivity (Wildman–Crippen MR) is 52.9 cm³/mol. The molecule has 0 saturated carbocycles. The van der Waals surface area contributed by atoms with Gasteiger partial charge in [-0.2, -0.15) is 0 Å². The first-order valence-electron chi connectivity index (χ1n) is 4.54. The van der Waals surface area contributed by atoms with Crippen molar-refractivity contribution in [2.24, 2.45) is 5.92 Å². The lowest BCUT2D eigenvalue weighted by molar-refractivity contribution is -0.153. The van der Waals surface area contributed by atoms with Crippen molar-refractivity contribution in [1.82, 2.24) is 0 Å². The van der Waals surface area contributed by atoms with Gasteiger partial charge in [0.05, 0.1) is 5.92 Å². The molecule has 0 amide bonds. The van der Waals surface area contributed by atoms with Gasteiger partial charge < -0.3 is 9.47 Å². The summed E-state index contributed by atoms with van der Waals surface area (Å²) in [5.41, 5.74) is 0. The molecule has 1 rings (SSSR count). The van der Waals surface area contributed by atoms with Crippen molar-refractivity contribution < 1.29 is 14.3 Å². The standard InChI is InChI=1S/C11H14O3/c1-9(2)11(12)14-8-13-10-6-4-3-5-7-10/h3-7,9H,8H2,1-2H3. The smallest absolute Gasteiger partial charge is 0.311 e. The van der Waals surface area contributed by atoms with Crippen molar-refractivity contribution in [3.8, 4) is 5.75 Å². The summed E-state index contributed by atoms with van der Waals surface area (Å²) in [4.78, 5) is 11.0. The van der Waals surface area contributed by atoms with Gasteiger partial charge >= 0.3 is 5.97 Å². The Kier molecular flexibility index (Phi) is 3.98. The number of rotatable bonds is 4. The maximum Gasteiger partial charge on any atom is 0.311 e. The van der Waals surface area contributed by atoms with Gasteiger partial charge in [-0.1, -0.05) is 32.0 Å². The lowest BCUT2D eigenvalue weighted by atomic mass is 10.2. The highest BCUT2D eigenvalue weighted by Crippen LogP contribution is 2.08. The molecule has 0 aliphatic rings. The van der Waals surface area contributed by atoms with E-state index in [1.54, 1.807) is 13.8 Å². The molecule has 0 atom stereocenters. The quantitative estimate of drug-likeness (QED) is 0.544. The Morgan fingerprint density at radius 2 is 1.93 bits per heavy atom. The molecule has 1 aromatic carbocycles. The van der Waals surface area contributed by atoms with Gasteiger partial charge in [0.1, 0.15) is 5.75 Å². The number of esters is 1. The van der Waals surface area contributed by atoms with Crippen LogP contribution in [0.4, 0.5) is 0 Å². The minimum atomic E-state index is -0.249. The average Bonchev–Trinajstić information content (AvgIpc) is 2.19. The molecule has 0 spiro atoms. The van der Waals surface area contributed by atoms with Crippen LogP contribution in [-0.4, -0.2) is 12.8 Å². The molecule has 1 aromatic rings. The number of benzene rings is 1. The van der Waals surface area contributed by atoms with Gasteiger partial charge in [0.15, 0.2) is 0 Å². The molecule has 0 fully saturated rings. The highest BCUT2D eigenvalue weighted by atomic mass is 16.7. The second-order valence-electron chi connectivity index (χ2n) is 3.19. The number of hydrogen-bond acceptors (Lipinski definition) is 3. The fourth-order valence-electron chi connectivity index (χ4n) is 0.839. The first-order valence-corrected chi connectivity index (χ1v) is 4.54. The molecule has 0 saturated heterocycles. The van der Waals surface area contributed by atoms with Gasteiger partial charge in [0, 0.05) is 0 Å². The van der Waals surface area contributed by atoms with Crippen LogP contribution in [0, 0.1) is 5.92 Å². The van der Waals surface area contributed by atoms with Crippen molar-refractivity contribution in [1.29, 1.82) is 0 Å². The van der Waals surface area contributed by atoms with Gasteiger partial charge in [-0.05, 0) is 12.1 Å². The van der Waals surface area contributed by atoms with E-state index in [1.807, 2.05) is 30.3 Å². The summed E-state index contributed by atoms with van der Waals surface area (Å²) in [5, 5.41) is 0. The number of carbonyl (C=O) groups excluding carboxylic acids is 1. The molecule has 0 aromatic heterocycles. The molecule has 0 unspecified atom stereocenters. The highest BCUT2D eigenvalue weighted by Gasteiger charge is 2.07. The Morgan fingerprint density at radius 3 is 2.50 bits per heavy atom. The average molecular weight is 194 g/mol. The van der Waals surface area contributed by atoms with Crippen molar-refractivity contribution in [3.63, 3.8) is 0 Å². The van der Waals surface area contributed by atoms with Crippen LogP contribution in [0.1, 0.15) is 13.8 Å². The zero-order valence-corrected chi connectivity index (χ0v) is 8.40. The molecule has 0 radical (unpaired) electrons. The van der Waals surface area contributed by atoms with Crippen LogP contribution in [0.5, 0.6) is 5.75 Å². The third-order valence-corrected chi connectivity index (χ3v) is 1.64. The Labute approximate surface area is 83.6 Å². The fraction of sp³-hybridized carbons (Fsp3) is 0.364. The largest absolute Gasteiger partial charge is 0.457 e. The lowest BCUT2D eigenvalue weighted by Crippen LogP contribution is -2.15. The molecule has 3 heteroatoms. The number of ether oxygens (including phenoxy) is 2. The minimum Gasteiger partial charge on any atom is -0.457 e.